The topological polar surface area (TPSA) is 58.2 Å². The minimum absolute atomic E-state index is 0.0605. The molecule has 2 N–H and O–H groups in total. The first-order chi connectivity index (χ1) is 7.06. The molecule has 0 aromatic rings. The molecule has 0 aliphatic heterocycles. The molecule has 2 unspecified atom stereocenters. The van der Waals surface area contributed by atoms with E-state index in [1.165, 1.54) is 0 Å². The monoisotopic (exact) mass is 234 g/mol. The van der Waals surface area contributed by atoms with Gasteiger partial charge in [0.15, 0.2) is 0 Å². The lowest BCUT2D eigenvalue weighted by molar-refractivity contribution is -0.121. The second-order valence-corrected chi connectivity index (χ2v) is 5.19. The molecule has 0 aromatic carbocycles. The van der Waals surface area contributed by atoms with Crippen molar-refractivity contribution in [3.05, 3.63) is 0 Å². The molecule has 0 bridgehead atoms. The third kappa shape index (κ3) is 9.87. The number of rotatable bonds is 8. The van der Waals surface area contributed by atoms with E-state index < -0.39 is 10.8 Å². The van der Waals surface area contributed by atoms with E-state index in [1.807, 2.05) is 13.8 Å². The summed E-state index contributed by atoms with van der Waals surface area (Å²) in [6, 6.07) is 0.114. The fourth-order valence-corrected chi connectivity index (χ4v) is 1.83. The van der Waals surface area contributed by atoms with Gasteiger partial charge in [0, 0.05) is 41.8 Å². The highest BCUT2D eigenvalue weighted by molar-refractivity contribution is 7.84. The Labute approximate surface area is 94.7 Å². The van der Waals surface area contributed by atoms with Gasteiger partial charge in [0.25, 0.3) is 0 Å². The molecule has 4 nitrogen and oxygen atoms in total. The van der Waals surface area contributed by atoms with Crippen LogP contribution >= 0.6 is 0 Å². The zero-order chi connectivity index (χ0) is 11.7. The van der Waals surface area contributed by atoms with Gasteiger partial charge in [0.2, 0.25) is 5.91 Å². The molecule has 0 fully saturated rings. The maximum atomic E-state index is 11.3. The third-order valence-electron chi connectivity index (χ3n) is 2.02. The normalized spacial score (nSPS) is 14.6. The largest absolute Gasteiger partial charge is 0.354 e. The molecule has 0 radical (unpaired) electrons. The van der Waals surface area contributed by atoms with Crippen LogP contribution in [0.4, 0.5) is 0 Å². The van der Waals surface area contributed by atoms with Gasteiger partial charge in [-0.2, -0.15) is 0 Å². The third-order valence-corrected chi connectivity index (χ3v) is 2.84. The summed E-state index contributed by atoms with van der Waals surface area (Å²) < 4.78 is 10.8. The summed E-state index contributed by atoms with van der Waals surface area (Å²) >= 11 is 0. The predicted octanol–water partition coefficient (Wildman–Crippen LogP) is 0.259. The van der Waals surface area contributed by atoms with Crippen molar-refractivity contribution in [3.8, 4) is 0 Å². The number of amides is 1. The first-order valence-electron chi connectivity index (χ1n) is 5.36. The number of hydrogen-bond donors (Lipinski definition) is 2. The van der Waals surface area contributed by atoms with E-state index in [0.717, 1.165) is 19.5 Å². The van der Waals surface area contributed by atoms with Gasteiger partial charge in [-0.1, -0.05) is 6.92 Å². The summed E-state index contributed by atoms with van der Waals surface area (Å²) in [5.74, 6) is 0.708. The van der Waals surface area contributed by atoms with E-state index in [1.54, 1.807) is 6.26 Å². The van der Waals surface area contributed by atoms with Gasteiger partial charge in [0.1, 0.15) is 0 Å². The van der Waals surface area contributed by atoms with Gasteiger partial charge in [-0.25, -0.2) is 0 Å². The lowest BCUT2D eigenvalue weighted by Crippen LogP contribution is -2.35. The maximum Gasteiger partial charge on any atom is 0.221 e. The standard InChI is InChI=1S/C10H22N2O2S/c1-4-11-7-5-10(13)12-9(2)6-8-15(3)14/h9,11H,4-8H2,1-3H3,(H,12,13). The van der Waals surface area contributed by atoms with Crippen LogP contribution in [-0.2, 0) is 15.6 Å². The van der Waals surface area contributed by atoms with Crippen molar-refractivity contribution in [2.75, 3.05) is 25.1 Å². The van der Waals surface area contributed by atoms with E-state index in [9.17, 15) is 9.00 Å². The van der Waals surface area contributed by atoms with Crippen molar-refractivity contribution in [2.24, 2.45) is 0 Å². The van der Waals surface area contributed by atoms with Gasteiger partial charge in [-0.15, -0.1) is 0 Å². The minimum Gasteiger partial charge on any atom is -0.354 e. The summed E-state index contributed by atoms with van der Waals surface area (Å²) in [6.07, 6.45) is 2.96. The van der Waals surface area contributed by atoms with Crippen LogP contribution in [0.1, 0.15) is 26.7 Å². The smallest absolute Gasteiger partial charge is 0.221 e. The molecule has 0 rings (SSSR count). The molecular weight excluding hydrogens is 212 g/mol. The molecule has 0 aliphatic rings. The van der Waals surface area contributed by atoms with Gasteiger partial charge in [-0.3, -0.25) is 9.00 Å². The van der Waals surface area contributed by atoms with Gasteiger partial charge in [-0.05, 0) is 19.9 Å². The molecule has 0 saturated carbocycles. The van der Waals surface area contributed by atoms with Crippen molar-refractivity contribution in [1.29, 1.82) is 0 Å². The fourth-order valence-electron chi connectivity index (χ4n) is 1.14. The van der Waals surface area contributed by atoms with Crippen LogP contribution in [0.5, 0.6) is 0 Å². The molecule has 5 heteroatoms. The van der Waals surface area contributed by atoms with Crippen LogP contribution in [0.25, 0.3) is 0 Å². The Bertz CT molecular complexity index is 210. The Kier molecular flexibility index (Phi) is 8.61. The average Bonchev–Trinajstić information content (AvgIpc) is 2.15. The number of hydrogen-bond acceptors (Lipinski definition) is 3. The summed E-state index contributed by atoms with van der Waals surface area (Å²) in [6.45, 7) is 5.56. The lowest BCUT2D eigenvalue weighted by Gasteiger charge is -2.13. The Balaban J connectivity index is 3.53. The van der Waals surface area contributed by atoms with Gasteiger partial charge in [0.05, 0.1) is 0 Å². The van der Waals surface area contributed by atoms with Crippen LogP contribution < -0.4 is 10.6 Å². The van der Waals surface area contributed by atoms with Crippen LogP contribution in [0.3, 0.4) is 0 Å². The number of nitrogens with one attached hydrogen (secondary N) is 2. The van der Waals surface area contributed by atoms with E-state index in [2.05, 4.69) is 10.6 Å². The van der Waals surface area contributed by atoms with Crippen LogP contribution in [0.2, 0.25) is 0 Å². The maximum absolute atomic E-state index is 11.3. The highest BCUT2D eigenvalue weighted by Gasteiger charge is 2.07. The fraction of sp³-hybridized carbons (Fsp3) is 0.900. The van der Waals surface area contributed by atoms with E-state index >= 15 is 0 Å². The van der Waals surface area contributed by atoms with Crippen LogP contribution in [0.15, 0.2) is 0 Å². The Hall–Kier alpha value is -0.420. The quantitative estimate of drug-likeness (QED) is 0.592. The van der Waals surface area contributed by atoms with Crippen molar-refractivity contribution >= 4 is 16.7 Å². The minimum atomic E-state index is -0.771. The lowest BCUT2D eigenvalue weighted by atomic mass is 10.2. The van der Waals surface area contributed by atoms with Crippen LogP contribution in [-0.4, -0.2) is 41.3 Å². The van der Waals surface area contributed by atoms with E-state index in [0.29, 0.717) is 12.2 Å². The molecular formula is C10H22N2O2S. The molecule has 0 saturated heterocycles. The summed E-state index contributed by atoms with van der Waals surface area (Å²) in [5.41, 5.74) is 0. The average molecular weight is 234 g/mol. The SMILES string of the molecule is CCNCCC(=O)NC(C)CCS(C)=O. The zero-order valence-electron chi connectivity index (χ0n) is 9.84. The molecule has 0 spiro atoms. The number of carbonyl (C=O) groups excluding carboxylic acids is 1. The molecule has 0 aliphatic carbocycles. The molecule has 0 aromatic heterocycles. The Morgan fingerprint density at radius 3 is 2.67 bits per heavy atom. The molecule has 0 heterocycles. The predicted molar refractivity (Wildman–Crippen MR) is 64.3 cm³/mol. The highest BCUT2D eigenvalue weighted by atomic mass is 32.2. The Morgan fingerprint density at radius 1 is 1.47 bits per heavy atom. The second-order valence-electron chi connectivity index (χ2n) is 3.64. The van der Waals surface area contributed by atoms with E-state index in [4.69, 9.17) is 0 Å². The van der Waals surface area contributed by atoms with Crippen molar-refractivity contribution in [3.63, 3.8) is 0 Å². The summed E-state index contributed by atoms with van der Waals surface area (Å²) in [7, 11) is -0.771. The van der Waals surface area contributed by atoms with Crippen molar-refractivity contribution in [1.82, 2.24) is 10.6 Å². The molecule has 90 valence electrons. The Morgan fingerprint density at radius 2 is 2.13 bits per heavy atom. The first kappa shape index (κ1) is 14.6. The van der Waals surface area contributed by atoms with Crippen molar-refractivity contribution < 1.29 is 9.00 Å². The van der Waals surface area contributed by atoms with Gasteiger partial charge >= 0.3 is 0 Å². The van der Waals surface area contributed by atoms with Gasteiger partial charge < -0.3 is 10.6 Å². The highest BCUT2D eigenvalue weighted by Crippen LogP contribution is 1.93. The molecule has 15 heavy (non-hydrogen) atoms. The second kappa shape index (κ2) is 8.85. The first-order valence-corrected chi connectivity index (χ1v) is 7.09. The summed E-state index contributed by atoms with van der Waals surface area (Å²) in [4.78, 5) is 11.3. The van der Waals surface area contributed by atoms with E-state index in [-0.39, 0.29) is 11.9 Å². The van der Waals surface area contributed by atoms with Crippen molar-refractivity contribution in [2.45, 2.75) is 32.7 Å². The number of carbonyl (C=O) groups is 1. The summed E-state index contributed by atoms with van der Waals surface area (Å²) in [5, 5.41) is 5.97. The molecule has 1 amide bonds. The zero-order valence-corrected chi connectivity index (χ0v) is 10.7. The molecule has 2 atom stereocenters. The van der Waals surface area contributed by atoms with Crippen LogP contribution in [0, 0.1) is 0 Å².